The van der Waals surface area contributed by atoms with Gasteiger partial charge in [-0.05, 0) is 25.2 Å². The summed E-state index contributed by atoms with van der Waals surface area (Å²) in [6.07, 6.45) is 0. The molecular weight excluding hydrogens is 411 g/mol. The van der Waals surface area contributed by atoms with Gasteiger partial charge in [0.25, 0.3) is 0 Å². The number of hydrogen-bond donors (Lipinski definition) is 13. The normalized spacial score (nSPS) is 10.7. The molecule has 0 atom stereocenters. The minimum atomic E-state index is -4.86. The second-order valence-electron chi connectivity index (χ2n) is 2.13. The maximum absolute atomic E-state index is 8.91. The van der Waals surface area contributed by atoms with Crippen molar-refractivity contribution >= 4 is 27.1 Å². The van der Waals surface area contributed by atoms with Crippen molar-refractivity contribution in [3.05, 3.63) is 0 Å². The van der Waals surface area contributed by atoms with E-state index in [4.69, 9.17) is 68.1 Å². The van der Waals surface area contributed by atoms with Gasteiger partial charge in [0.05, 0.1) is 0 Å². The van der Waals surface area contributed by atoms with E-state index in [9.17, 15) is 0 Å². The third kappa shape index (κ3) is 418. The first-order valence-electron chi connectivity index (χ1n) is 3.70. The van der Waals surface area contributed by atoms with Gasteiger partial charge in [0.2, 0.25) is 0 Å². The Bertz CT molecular complexity index is 148. The van der Waals surface area contributed by atoms with Crippen molar-refractivity contribution in [2.24, 2.45) is 0 Å². The monoisotopic (exact) mass is 424 g/mol. The van der Waals surface area contributed by atoms with Gasteiger partial charge in [-0.15, -0.1) is 0 Å². The summed E-state index contributed by atoms with van der Waals surface area (Å²) in [6, 6.07) is 0. The van der Waals surface area contributed by atoms with E-state index in [0.29, 0.717) is 0 Å². The van der Waals surface area contributed by atoms with Crippen molar-refractivity contribution in [1.29, 1.82) is 0 Å². The van der Waals surface area contributed by atoms with Crippen LogP contribution in [0, 0.1) is 0 Å². The number of hydrogen-bond acceptors (Lipinski definition) is 19. The van der Waals surface area contributed by atoms with Gasteiger partial charge in [-0.3, -0.25) is 0 Å². The molecule has 0 heterocycles. The molecule has 0 unspecified atom stereocenters. The molecule has 0 aliphatic rings. The molecule has 0 saturated heterocycles. The Morgan fingerprint density at radius 3 is 0.739 bits per heavy atom. The van der Waals surface area contributed by atoms with E-state index in [1.165, 1.54) is 0 Å². The summed E-state index contributed by atoms with van der Waals surface area (Å²) in [5, 5.41) is 29.5. The predicted octanol–water partition coefficient (Wildman–Crippen LogP) is -11.8. The molecule has 0 aromatic carbocycles. The molecule has 0 aromatic rings. The summed E-state index contributed by atoms with van der Waals surface area (Å²) in [5.74, 6) is 0. The van der Waals surface area contributed by atoms with E-state index in [-0.39, 0.29) is 29.6 Å². The molecule has 0 aliphatic carbocycles. The molecule has 0 amide bonds. The van der Waals surface area contributed by atoms with Crippen LogP contribution >= 0.6 is 0 Å². The zero-order valence-electron chi connectivity index (χ0n) is 10.8. The van der Waals surface area contributed by atoms with Gasteiger partial charge in [0.1, 0.15) is 0 Å². The number of rotatable bonds is 4. The Morgan fingerprint density at radius 2 is 0.652 bits per heavy atom. The molecule has 23 heteroatoms. The van der Waals surface area contributed by atoms with Gasteiger partial charge >= 0.3 is 56.7 Å². The maximum Gasteiger partial charge on any atom is 1.00 e. The fourth-order valence-corrected chi connectivity index (χ4v) is 0.0362. The van der Waals surface area contributed by atoms with E-state index < -0.39 is 27.1 Å². The maximum atomic E-state index is 8.91. The third-order valence-electron chi connectivity index (χ3n) is 0.116. The molecule has 23 heavy (non-hydrogen) atoms. The molecule has 0 aliphatic heterocycles. The second-order valence-corrected chi connectivity index (χ2v) is 5.67. The minimum absolute atomic E-state index is 0. The summed E-state index contributed by atoms with van der Waals surface area (Å²) >= 11 is 0. The van der Waals surface area contributed by atoms with Crippen LogP contribution < -0.4 is 34.4 Å². The van der Waals surface area contributed by atoms with Crippen molar-refractivity contribution in [2.75, 3.05) is 0 Å². The molecule has 0 radical (unpaired) electrons. The van der Waals surface area contributed by atoms with Gasteiger partial charge in [0.15, 0.2) is 0 Å². The zero-order valence-corrected chi connectivity index (χ0v) is 15.8. The fraction of sp³-hybridized carbons (Fsp3) is 0. The van der Waals surface area contributed by atoms with Gasteiger partial charge in [-0.1, -0.05) is 0 Å². The molecule has 0 rings (SSSR count). The van der Waals surface area contributed by atoms with E-state index in [2.05, 4.69) is 25.2 Å². The molecule has 0 fully saturated rings. The SMILES string of the molecule is OOOOOOO.O[Si](O)(O)O.O[Si](O)(O)O.[Na+].[O-][Si](O)(O)O. The van der Waals surface area contributed by atoms with Crippen LogP contribution in [0.5, 0.6) is 0 Å². The van der Waals surface area contributed by atoms with E-state index in [1.54, 1.807) is 0 Å². The first kappa shape index (κ1) is 35.1. The molecule has 19 nitrogen and oxygen atoms in total. The van der Waals surface area contributed by atoms with Gasteiger partial charge < -0.3 is 57.5 Å². The van der Waals surface area contributed by atoms with Crippen molar-refractivity contribution < 1.29 is 123 Å². The first-order chi connectivity index (χ1) is 9.41. The van der Waals surface area contributed by atoms with E-state index in [0.717, 1.165) is 0 Å². The van der Waals surface area contributed by atoms with Gasteiger partial charge in [0, 0.05) is 0 Å². The van der Waals surface area contributed by atoms with Crippen LogP contribution in [0.15, 0.2) is 0 Å². The first-order valence-corrected chi connectivity index (χ1v) is 9.02. The average molecular weight is 424 g/mol. The minimum Gasteiger partial charge on any atom is -0.794 e. The van der Waals surface area contributed by atoms with E-state index >= 15 is 0 Å². The second kappa shape index (κ2) is 19.2. The summed E-state index contributed by atoms with van der Waals surface area (Å²) in [7, 11) is -14.1. The Morgan fingerprint density at radius 1 is 0.522 bits per heavy atom. The van der Waals surface area contributed by atoms with Crippen LogP contribution in [0.2, 0.25) is 0 Å². The molecule has 0 aromatic heterocycles. The molecule has 140 valence electrons. The van der Waals surface area contributed by atoms with Crippen molar-refractivity contribution in [1.82, 2.24) is 0 Å². The molecular formula is H13NaO19Si3. The third-order valence-corrected chi connectivity index (χ3v) is 0.116. The smallest absolute Gasteiger partial charge is 0.794 e. The zero-order chi connectivity index (χ0) is 19.0. The average Bonchev–Trinajstić information content (AvgIpc) is 2.10. The summed E-state index contributed by atoms with van der Waals surface area (Å²) in [6.45, 7) is 0. The Balaban J connectivity index is -0.0000000625. The summed E-state index contributed by atoms with van der Waals surface area (Å²) < 4.78 is 0. The molecule has 0 saturated carbocycles. The quantitative estimate of drug-likeness (QED) is 0.0861. The van der Waals surface area contributed by atoms with Crippen LogP contribution in [0.1, 0.15) is 0 Å². The van der Waals surface area contributed by atoms with Crippen LogP contribution in [0.25, 0.3) is 0 Å². The fourth-order valence-electron chi connectivity index (χ4n) is 0.0362. The topological polar surface area (TPSA) is 332 Å². The largest absolute Gasteiger partial charge is 1.00 e. The Hall–Kier alpha value is 0.891. The Kier molecular flexibility index (Phi) is 29.3. The van der Waals surface area contributed by atoms with Crippen LogP contribution in [-0.2, 0) is 25.2 Å². The predicted molar refractivity (Wildman–Crippen MR) is 52.4 cm³/mol. The summed E-state index contributed by atoms with van der Waals surface area (Å²) in [5.41, 5.74) is 0. The molecule has 0 bridgehead atoms. The molecule has 13 N–H and O–H groups in total. The van der Waals surface area contributed by atoms with E-state index in [1.807, 2.05) is 0 Å². The van der Waals surface area contributed by atoms with Crippen LogP contribution in [0.3, 0.4) is 0 Å². The summed E-state index contributed by atoms with van der Waals surface area (Å²) in [4.78, 5) is 89.2. The van der Waals surface area contributed by atoms with Crippen LogP contribution in [0.4, 0.5) is 0 Å². The molecule has 0 spiro atoms. The van der Waals surface area contributed by atoms with Gasteiger partial charge in [-0.2, -0.15) is 0 Å². The van der Waals surface area contributed by atoms with Crippen molar-refractivity contribution in [3.63, 3.8) is 0 Å². The Labute approximate surface area is 150 Å². The van der Waals surface area contributed by atoms with Crippen molar-refractivity contribution in [2.45, 2.75) is 0 Å². The standard InChI is InChI=1S/Na.H2O7.2H4O4Si.H3O4Si/c;1-3-5-7-6-4-2;3*1-5(2,3)4/h;1-2H;2*1-4H;1-3H/q+1;;;;-1. The van der Waals surface area contributed by atoms with Crippen LogP contribution in [-0.4, -0.2) is 90.4 Å². The van der Waals surface area contributed by atoms with Gasteiger partial charge in [-0.25, -0.2) is 10.5 Å². The van der Waals surface area contributed by atoms with Crippen molar-refractivity contribution in [3.8, 4) is 0 Å².